The first kappa shape index (κ1) is 25.8. The van der Waals surface area contributed by atoms with Crippen molar-refractivity contribution in [1.29, 1.82) is 0 Å². The third-order valence-corrected chi connectivity index (χ3v) is 6.57. The maximum absolute atomic E-state index is 12.7. The van der Waals surface area contributed by atoms with Crippen LogP contribution >= 0.6 is 15.9 Å². The van der Waals surface area contributed by atoms with Crippen LogP contribution in [0, 0.1) is 12.8 Å². The van der Waals surface area contributed by atoms with Gasteiger partial charge in [-0.15, -0.1) is 0 Å². The Kier molecular flexibility index (Phi) is 9.23. The summed E-state index contributed by atoms with van der Waals surface area (Å²) in [4.78, 5) is 12.8. The fraction of sp³-hybridized carbons (Fsp3) is 0.364. The van der Waals surface area contributed by atoms with Gasteiger partial charge in [0.15, 0.2) is 11.5 Å². The van der Waals surface area contributed by atoms with Crippen LogP contribution in [0.25, 0.3) is 0 Å². The topological polar surface area (TPSA) is 106 Å². The lowest BCUT2D eigenvalue weighted by Gasteiger charge is -2.19. The number of carbonyl (C=O) groups excluding carboxylic acids is 1. The molecule has 1 amide bonds. The van der Waals surface area contributed by atoms with Crippen LogP contribution in [-0.4, -0.2) is 40.8 Å². The van der Waals surface area contributed by atoms with Crippen molar-refractivity contribution in [2.45, 2.75) is 38.1 Å². The highest BCUT2D eigenvalue weighted by atomic mass is 79.9. The molecular formula is C22H28BrN3O5S. The second kappa shape index (κ2) is 11.4. The van der Waals surface area contributed by atoms with Crippen molar-refractivity contribution in [3.05, 3.63) is 52.0 Å². The van der Waals surface area contributed by atoms with E-state index in [9.17, 15) is 13.2 Å². The van der Waals surface area contributed by atoms with E-state index in [4.69, 9.17) is 9.47 Å². The Morgan fingerprint density at radius 2 is 1.81 bits per heavy atom. The summed E-state index contributed by atoms with van der Waals surface area (Å²) in [6, 6.07) is 8.91. The predicted octanol–water partition coefficient (Wildman–Crippen LogP) is 3.62. The normalized spacial score (nSPS) is 12.7. The first-order chi connectivity index (χ1) is 15.1. The summed E-state index contributed by atoms with van der Waals surface area (Å²) in [7, 11) is -0.817. The van der Waals surface area contributed by atoms with Crippen molar-refractivity contribution in [3.8, 4) is 11.5 Å². The van der Waals surface area contributed by atoms with E-state index >= 15 is 0 Å². The largest absolute Gasteiger partial charge is 0.493 e. The smallest absolute Gasteiger partial charge is 0.258 e. The highest BCUT2D eigenvalue weighted by molar-refractivity contribution is 9.10. The fourth-order valence-corrected chi connectivity index (χ4v) is 4.74. The van der Waals surface area contributed by atoms with Crippen molar-refractivity contribution in [1.82, 2.24) is 10.1 Å². The number of sulfonamides is 1. The van der Waals surface area contributed by atoms with Gasteiger partial charge in [0, 0.05) is 0 Å². The summed E-state index contributed by atoms with van der Waals surface area (Å²) < 4.78 is 39.2. The van der Waals surface area contributed by atoms with Gasteiger partial charge in [-0.3, -0.25) is 4.79 Å². The van der Waals surface area contributed by atoms with Gasteiger partial charge in [-0.05, 0) is 65.0 Å². The number of carbonyl (C=O) groups is 1. The Morgan fingerprint density at radius 3 is 2.38 bits per heavy atom. The molecule has 0 aliphatic rings. The van der Waals surface area contributed by atoms with E-state index in [-0.39, 0.29) is 10.8 Å². The van der Waals surface area contributed by atoms with Crippen molar-refractivity contribution < 1.29 is 22.7 Å². The SMILES string of the molecule is COc1cc(/C=N\NC(=O)[C@H](CC(C)C)NS(=O)(=O)c2ccc(C)cc2)cc(Br)c1OC. The number of ether oxygens (including phenoxy) is 2. The molecule has 174 valence electrons. The van der Waals surface area contributed by atoms with Gasteiger partial charge in [-0.1, -0.05) is 31.5 Å². The van der Waals surface area contributed by atoms with Gasteiger partial charge in [-0.2, -0.15) is 9.82 Å². The quantitative estimate of drug-likeness (QED) is 0.364. The first-order valence-corrected chi connectivity index (χ1v) is 12.2. The number of nitrogens with one attached hydrogen (secondary N) is 2. The Morgan fingerprint density at radius 1 is 1.16 bits per heavy atom. The van der Waals surface area contributed by atoms with E-state index in [0.717, 1.165) is 5.56 Å². The van der Waals surface area contributed by atoms with Crippen LogP contribution in [0.4, 0.5) is 0 Å². The minimum absolute atomic E-state index is 0.0808. The molecule has 0 unspecified atom stereocenters. The van der Waals surface area contributed by atoms with Gasteiger partial charge in [-0.25, -0.2) is 13.8 Å². The summed E-state index contributed by atoms with van der Waals surface area (Å²) in [5.74, 6) is 0.567. The number of hydrazone groups is 1. The molecule has 1 atom stereocenters. The van der Waals surface area contributed by atoms with Crippen LogP contribution < -0.4 is 19.6 Å². The number of benzene rings is 2. The van der Waals surface area contributed by atoms with Gasteiger partial charge < -0.3 is 9.47 Å². The third kappa shape index (κ3) is 7.04. The number of methoxy groups -OCH3 is 2. The summed E-state index contributed by atoms with van der Waals surface area (Å²) >= 11 is 3.40. The second-order valence-electron chi connectivity index (χ2n) is 7.59. The number of hydrogen-bond acceptors (Lipinski definition) is 6. The van der Waals surface area contributed by atoms with E-state index in [1.807, 2.05) is 20.8 Å². The standard InChI is InChI=1S/C22H28BrN3O5S/c1-14(2)10-19(26-32(28,29)17-8-6-15(3)7-9-17)22(27)25-24-13-16-11-18(23)21(31-5)20(12-16)30-4/h6-9,11-14,19,26H,10H2,1-5H3,(H,25,27)/b24-13-/t19-/m0/s1. The molecule has 0 aliphatic heterocycles. The zero-order chi connectivity index (χ0) is 23.9. The number of rotatable bonds is 10. The maximum atomic E-state index is 12.7. The van der Waals surface area contributed by atoms with Gasteiger partial charge in [0.1, 0.15) is 6.04 Å². The molecule has 10 heteroatoms. The predicted molar refractivity (Wildman–Crippen MR) is 128 cm³/mol. The Balaban J connectivity index is 2.16. The van der Waals surface area contributed by atoms with E-state index < -0.39 is 22.0 Å². The van der Waals surface area contributed by atoms with Crippen molar-refractivity contribution in [2.75, 3.05) is 14.2 Å². The summed E-state index contributed by atoms with van der Waals surface area (Å²) in [6.45, 7) is 5.68. The van der Waals surface area contributed by atoms with Gasteiger partial charge in [0.25, 0.3) is 5.91 Å². The third-order valence-electron chi connectivity index (χ3n) is 4.50. The molecule has 0 aromatic heterocycles. The molecule has 2 N–H and O–H groups in total. The molecular weight excluding hydrogens is 498 g/mol. The summed E-state index contributed by atoms with van der Waals surface area (Å²) in [5.41, 5.74) is 4.01. The molecule has 0 bridgehead atoms. The fourth-order valence-electron chi connectivity index (χ4n) is 2.91. The molecule has 0 aliphatic carbocycles. The molecule has 0 fully saturated rings. The Hall–Kier alpha value is -2.43. The molecule has 0 saturated carbocycles. The van der Waals surface area contributed by atoms with Crippen LogP contribution in [0.15, 0.2) is 50.9 Å². The molecule has 2 aromatic rings. The lowest BCUT2D eigenvalue weighted by atomic mass is 10.0. The van der Waals surface area contributed by atoms with E-state index in [0.29, 0.717) is 28.0 Å². The average molecular weight is 526 g/mol. The maximum Gasteiger partial charge on any atom is 0.258 e. The van der Waals surface area contributed by atoms with Gasteiger partial charge >= 0.3 is 0 Å². The van der Waals surface area contributed by atoms with Crippen LogP contribution in [0.2, 0.25) is 0 Å². The zero-order valence-corrected chi connectivity index (χ0v) is 21.1. The van der Waals surface area contributed by atoms with E-state index in [1.54, 1.807) is 24.3 Å². The Labute approximate surface area is 197 Å². The van der Waals surface area contributed by atoms with Crippen LogP contribution in [0.1, 0.15) is 31.4 Å². The molecule has 2 aromatic carbocycles. The molecule has 0 saturated heterocycles. The van der Waals surface area contributed by atoms with Crippen LogP contribution in [-0.2, 0) is 14.8 Å². The van der Waals surface area contributed by atoms with E-state index in [2.05, 4.69) is 31.2 Å². The summed E-state index contributed by atoms with van der Waals surface area (Å²) in [5, 5.41) is 3.98. The minimum atomic E-state index is -3.87. The number of hydrogen-bond donors (Lipinski definition) is 2. The van der Waals surface area contributed by atoms with Crippen LogP contribution in [0.3, 0.4) is 0 Å². The van der Waals surface area contributed by atoms with E-state index in [1.165, 1.54) is 32.6 Å². The van der Waals surface area contributed by atoms with Crippen molar-refractivity contribution >= 4 is 38.1 Å². The molecule has 2 rings (SSSR count). The van der Waals surface area contributed by atoms with Crippen molar-refractivity contribution in [2.24, 2.45) is 11.0 Å². The second-order valence-corrected chi connectivity index (χ2v) is 10.2. The molecule has 8 nitrogen and oxygen atoms in total. The molecule has 32 heavy (non-hydrogen) atoms. The molecule has 0 spiro atoms. The molecule has 0 heterocycles. The monoisotopic (exact) mass is 525 g/mol. The Bertz CT molecular complexity index is 1070. The summed E-state index contributed by atoms with van der Waals surface area (Å²) in [6.07, 6.45) is 1.75. The average Bonchev–Trinajstić information content (AvgIpc) is 2.72. The highest BCUT2D eigenvalue weighted by Crippen LogP contribution is 2.35. The number of halogens is 1. The van der Waals surface area contributed by atoms with Crippen molar-refractivity contribution in [3.63, 3.8) is 0 Å². The van der Waals surface area contributed by atoms with Crippen LogP contribution in [0.5, 0.6) is 11.5 Å². The first-order valence-electron chi connectivity index (χ1n) is 9.90. The zero-order valence-electron chi connectivity index (χ0n) is 18.7. The lowest BCUT2D eigenvalue weighted by molar-refractivity contribution is -0.123. The minimum Gasteiger partial charge on any atom is -0.493 e. The highest BCUT2D eigenvalue weighted by Gasteiger charge is 2.26. The number of amides is 1. The molecule has 0 radical (unpaired) electrons. The van der Waals surface area contributed by atoms with Gasteiger partial charge in [0.2, 0.25) is 10.0 Å². The lowest BCUT2D eigenvalue weighted by Crippen LogP contribution is -2.46. The number of aryl methyl sites for hydroxylation is 1. The van der Waals surface area contributed by atoms with Gasteiger partial charge in [0.05, 0.1) is 29.8 Å². The number of nitrogens with zero attached hydrogens (tertiary/aromatic N) is 1.